The number of hydrogen-bond acceptors (Lipinski definition) is 4. The number of nitrogens with two attached hydrogens (primary N) is 1. The maximum atomic E-state index is 5.69. The van der Waals surface area contributed by atoms with Gasteiger partial charge >= 0.3 is 0 Å². The van der Waals surface area contributed by atoms with Crippen molar-refractivity contribution in [2.24, 2.45) is 5.73 Å². The summed E-state index contributed by atoms with van der Waals surface area (Å²) in [6.45, 7) is 3.35. The van der Waals surface area contributed by atoms with Crippen molar-refractivity contribution in [1.82, 2.24) is 4.98 Å². The van der Waals surface area contributed by atoms with E-state index in [-0.39, 0.29) is 0 Å². The van der Waals surface area contributed by atoms with Crippen LogP contribution in [0.2, 0.25) is 0 Å². The van der Waals surface area contributed by atoms with E-state index in [0.29, 0.717) is 6.61 Å². The van der Waals surface area contributed by atoms with Crippen LogP contribution in [-0.4, -0.2) is 18.7 Å². The molecule has 0 spiro atoms. The fourth-order valence-corrected chi connectivity index (χ4v) is 1.18. The Morgan fingerprint density at radius 2 is 2.27 bits per heavy atom. The Morgan fingerprint density at radius 3 is 2.93 bits per heavy atom. The van der Waals surface area contributed by atoms with Gasteiger partial charge in [0.15, 0.2) is 0 Å². The molecule has 4 heteroatoms. The van der Waals surface area contributed by atoms with E-state index >= 15 is 0 Å². The van der Waals surface area contributed by atoms with E-state index in [0.717, 1.165) is 24.4 Å². The molecule has 0 bridgehead atoms. The first-order chi connectivity index (χ1) is 7.27. The summed E-state index contributed by atoms with van der Waals surface area (Å²) < 4.78 is 10.4. The number of ether oxygens (including phenoxy) is 2. The highest BCUT2D eigenvalue weighted by Gasteiger charge is 2.05. The molecular weight excluding hydrogens is 192 g/mol. The molecule has 0 aliphatic rings. The van der Waals surface area contributed by atoms with E-state index in [9.17, 15) is 0 Å². The van der Waals surface area contributed by atoms with Crippen molar-refractivity contribution in [3.8, 4) is 0 Å². The minimum atomic E-state index is -0.462. The third-order valence-corrected chi connectivity index (χ3v) is 1.97. The SMILES string of the molecule is CCCOCc1cccc([C@H](N)OC)n1. The van der Waals surface area contributed by atoms with E-state index in [1.807, 2.05) is 18.2 Å². The molecular formula is C11H18N2O2. The second kappa shape index (κ2) is 6.50. The van der Waals surface area contributed by atoms with Crippen LogP contribution < -0.4 is 5.73 Å². The highest BCUT2D eigenvalue weighted by atomic mass is 16.5. The quantitative estimate of drug-likeness (QED) is 0.572. The predicted molar refractivity (Wildman–Crippen MR) is 58.1 cm³/mol. The van der Waals surface area contributed by atoms with Gasteiger partial charge in [-0.3, -0.25) is 4.98 Å². The number of hydrogen-bond donors (Lipinski definition) is 1. The fourth-order valence-electron chi connectivity index (χ4n) is 1.18. The Kier molecular flexibility index (Phi) is 5.25. The van der Waals surface area contributed by atoms with Crippen molar-refractivity contribution >= 4 is 0 Å². The van der Waals surface area contributed by atoms with Crippen molar-refractivity contribution in [3.63, 3.8) is 0 Å². The lowest BCUT2D eigenvalue weighted by Crippen LogP contribution is -2.14. The Balaban J connectivity index is 2.57. The fraction of sp³-hybridized carbons (Fsp3) is 0.545. The van der Waals surface area contributed by atoms with Gasteiger partial charge in [-0.05, 0) is 18.6 Å². The van der Waals surface area contributed by atoms with E-state index in [1.165, 1.54) is 0 Å². The highest BCUT2D eigenvalue weighted by molar-refractivity contribution is 5.12. The van der Waals surface area contributed by atoms with Crippen molar-refractivity contribution in [2.75, 3.05) is 13.7 Å². The van der Waals surface area contributed by atoms with E-state index in [4.69, 9.17) is 15.2 Å². The van der Waals surface area contributed by atoms with Crippen molar-refractivity contribution in [3.05, 3.63) is 29.6 Å². The average molecular weight is 210 g/mol. The molecule has 0 saturated heterocycles. The molecule has 15 heavy (non-hydrogen) atoms. The Bertz CT molecular complexity index is 292. The average Bonchev–Trinajstić information content (AvgIpc) is 2.29. The van der Waals surface area contributed by atoms with Crippen LogP contribution in [0.3, 0.4) is 0 Å². The molecule has 1 aromatic rings. The normalized spacial score (nSPS) is 12.7. The zero-order valence-electron chi connectivity index (χ0n) is 9.27. The van der Waals surface area contributed by atoms with Crippen LogP contribution in [0.15, 0.2) is 18.2 Å². The van der Waals surface area contributed by atoms with Crippen LogP contribution in [0, 0.1) is 0 Å². The lowest BCUT2D eigenvalue weighted by atomic mass is 10.3. The van der Waals surface area contributed by atoms with Crippen LogP contribution in [0.4, 0.5) is 0 Å². The smallest absolute Gasteiger partial charge is 0.148 e. The summed E-state index contributed by atoms with van der Waals surface area (Å²) in [5.41, 5.74) is 7.31. The van der Waals surface area contributed by atoms with Gasteiger partial charge in [-0.1, -0.05) is 13.0 Å². The van der Waals surface area contributed by atoms with Crippen LogP contribution in [0.1, 0.15) is 31.0 Å². The Morgan fingerprint density at radius 1 is 1.47 bits per heavy atom. The number of pyridine rings is 1. The maximum Gasteiger partial charge on any atom is 0.148 e. The standard InChI is InChI=1S/C11H18N2O2/c1-3-7-15-8-9-5-4-6-10(13-9)11(12)14-2/h4-6,11H,3,7-8,12H2,1-2H3/t11-/m1/s1. The first-order valence-electron chi connectivity index (χ1n) is 5.10. The van der Waals surface area contributed by atoms with Gasteiger partial charge in [0, 0.05) is 13.7 Å². The zero-order valence-corrected chi connectivity index (χ0v) is 9.27. The first kappa shape index (κ1) is 12.1. The van der Waals surface area contributed by atoms with E-state index in [2.05, 4.69) is 11.9 Å². The largest absolute Gasteiger partial charge is 0.375 e. The third kappa shape index (κ3) is 3.95. The maximum absolute atomic E-state index is 5.69. The molecule has 0 aliphatic carbocycles. The Labute approximate surface area is 90.4 Å². The van der Waals surface area contributed by atoms with Gasteiger partial charge in [0.05, 0.1) is 18.0 Å². The van der Waals surface area contributed by atoms with Crippen molar-refractivity contribution in [1.29, 1.82) is 0 Å². The van der Waals surface area contributed by atoms with Gasteiger partial charge in [0.25, 0.3) is 0 Å². The lowest BCUT2D eigenvalue weighted by Gasteiger charge is -2.10. The van der Waals surface area contributed by atoms with Crippen molar-refractivity contribution in [2.45, 2.75) is 26.2 Å². The van der Waals surface area contributed by atoms with E-state index < -0.39 is 6.23 Å². The molecule has 0 radical (unpaired) electrons. The number of rotatable bonds is 6. The molecule has 1 atom stereocenters. The summed E-state index contributed by atoms with van der Waals surface area (Å²) >= 11 is 0. The minimum absolute atomic E-state index is 0.462. The highest BCUT2D eigenvalue weighted by Crippen LogP contribution is 2.09. The molecule has 0 unspecified atom stereocenters. The molecule has 2 N–H and O–H groups in total. The van der Waals surface area contributed by atoms with Gasteiger partial charge in [-0.2, -0.15) is 0 Å². The van der Waals surface area contributed by atoms with E-state index in [1.54, 1.807) is 7.11 Å². The third-order valence-electron chi connectivity index (χ3n) is 1.97. The van der Waals surface area contributed by atoms with Gasteiger partial charge in [-0.25, -0.2) is 0 Å². The summed E-state index contributed by atoms with van der Waals surface area (Å²) in [6.07, 6.45) is 0.549. The van der Waals surface area contributed by atoms with Gasteiger partial charge in [0.1, 0.15) is 6.23 Å². The van der Waals surface area contributed by atoms with Gasteiger partial charge in [0.2, 0.25) is 0 Å². The Hall–Kier alpha value is -0.970. The van der Waals surface area contributed by atoms with Crippen LogP contribution in [0.5, 0.6) is 0 Å². The van der Waals surface area contributed by atoms with Gasteiger partial charge in [-0.15, -0.1) is 0 Å². The lowest BCUT2D eigenvalue weighted by molar-refractivity contribution is 0.102. The predicted octanol–water partition coefficient (Wildman–Crippen LogP) is 1.61. The summed E-state index contributed by atoms with van der Waals surface area (Å²) in [5, 5.41) is 0. The second-order valence-corrected chi connectivity index (χ2v) is 3.26. The number of aromatic nitrogens is 1. The van der Waals surface area contributed by atoms with Crippen molar-refractivity contribution < 1.29 is 9.47 Å². The first-order valence-corrected chi connectivity index (χ1v) is 5.10. The molecule has 84 valence electrons. The minimum Gasteiger partial charge on any atom is -0.375 e. The van der Waals surface area contributed by atoms with Crippen LogP contribution in [-0.2, 0) is 16.1 Å². The number of methoxy groups -OCH3 is 1. The summed E-state index contributed by atoms with van der Waals surface area (Å²) in [5.74, 6) is 0. The molecule has 0 aliphatic heterocycles. The molecule has 0 aromatic carbocycles. The molecule has 0 fully saturated rings. The van der Waals surface area contributed by atoms with Gasteiger partial charge < -0.3 is 15.2 Å². The summed E-state index contributed by atoms with van der Waals surface area (Å²) in [6, 6.07) is 5.67. The zero-order chi connectivity index (χ0) is 11.1. The summed E-state index contributed by atoms with van der Waals surface area (Å²) in [7, 11) is 1.56. The molecule has 4 nitrogen and oxygen atoms in total. The van der Waals surface area contributed by atoms with Crippen LogP contribution >= 0.6 is 0 Å². The summed E-state index contributed by atoms with van der Waals surface area (Å²) in [4.78, 5) is 4.34. The second-order valence-electron chi connectivity index (χ2n) is 3.26. The molecule has 1 rings (SSSR count). The molecule has 1 aromatic heterocycles. The molecule has 0 amide bonds. The monoisotopic (exact) mass is 210 g/mol. The molecule has 1 heterocycles. The topological polar surface area (TPSA) is 57.4 Å². The molecule has 0 saturated carbocycles. The number of nitrogens with zero attached hydrogens (tertiary/aromatic N) is 1. The van der Waals surface area contributed by atoms with Crippen LogP contribution in [0.25, 0.3) is 0 Å².